The summed E-state index contributed by atoms with van der Waals surface area (Å²) >= 11 is 7.39. The molecule has 9 rings (SSSR count). The zero-order valence-electron chi connectivity index (χ0n) is 38.1. The Labute approximate surface area is 420 Å². The molecule has 0 aliphatic heterocycles. The van der Waals surface area contributed by atoms with Crippen LogP contribution in [0.25, 0.3) is 16.7 Å². The fourth-order valence-electron chi connectivity index (χ4n) is 4.91. The molecule has 0 radical (unpaired) electrons. The fourth-order valence-corrected chi connectivity index (χ4v) is 5.09. The van der Waals surface area contributed by atoms with Gasteiger partial charge < -0.3 is 32.2 Å². The van der Waals surface area contributed by atoms with Crippen LogP contribution in [-0.4, -0.2) is 76.4 Å². The number of nitrogens with two attached hydrogens (primary N) is 2. The summed E-state index contributed by atoms with van der Waals surface area (Å²) in [4.78, 5) is 65.4. The van der Waals surface area contributed by atoms with E-state index >= 15 is 0 Å². The standard InChI is InChI=1S/C11H8N4O.C10H8N4O2.C10H10N4.C5H3ClN2O2.C5H6N2.C2H3N.CH3I.CH4O/c16-11-14-9-7-13-6-3-10(9)15(11)8-1-4-12-5-2-8;15-14(16)10-7-12-6-3-9(10)13-8-1-4-11-5-2-8;11-9-7-13-6-3-10(9)14-8-1-4-12-5-2-8;6-4-1-2-7-3-5(4)8(9)10;6-5-1-3-7-4-2-5;1-2-3;2*1-2/h1-7H,(H,14,16);1-7H,(H,11,12,13);1-7H,11H2,(H,12,13,14);1-3H;1-4H,(H2,6,7);1H3;1H3;2H,1H3/i;;;;;;1D;. The quantitative estimate of drug-likeness (QED) is 0.0376. The number of nitrogens with one attached hydrogen (secondary N) is 3. The Balaban J connectivity index is 0.000000299. The van der Waals surface area contributed by atoms with Gasteiger partial charge in [0.05, 0.1) is 56.4 Å². The van der Waals surface area contributed by atoms with Gasteiger partial charge in [-0.05, 0) is 77.7 Å². The van der Waals surface area contributed by atoms with E-state index in [-0.39, 0.29) is 22.1 Å². The van der Waals surface area contributed by atoms with Crippen molar-refractivity contribution in [3.63, 3.8) is 0 Å². The van der Waals surface area contributed by atoms with Crippen LogP contribution >= 0.6 is 34.2 Å². The number of nitrogen functional groups attached to an aromatic ring is 2. The Kier molecular flexibility index (Phi) is 26.4. The normalized spacial score (nSPS) is 9.29. The summed E-state index contributed by atoms with van der Waals surface area (Å²) in [6, 6.07) is 22.6. The van der Waals surface area contributed by atoms with Crippen molar-refractivity contribution in [2.75, 3.05) is 34.1 Å². The first-order chi connectivity index (χ1) is 34.4. The lowest BCUT2D eigenvalue weighted by molar-refractivity contribution is -0.385. The lowest BCUT2D eigenvalue weighted by atomic mass is 10.3. The molecule has 0 saturated heterocycles. The molecule has 8 N–H and O–H groups in total. The number of H-pyrrole nitrogens is 1. The van der Waals surface area contributed by atoms with Crippen molar-refractivity contribution in [3.05, 3.63) is 208 Å². The minimum Gasteiger partial charge on any atom is -0.400 e. The number of alkyl halides is 1. The number of hydrogen-bond acceptors (Lipinski definition) is 19. The average Bonchev–Trinajstić information content (AvgIpc) is 3.73. The molecule has 25 heteroatoms. The molecule has 70 heavy (non-hydrogen) atoms. The largest absolute Gasteiger partial charge is 0.400 e. The number of nitriles is 1. The van der Waals surface area contributed by atoms with Gasteiger partial charge in [-0.1, -0.05) is 34.2 Å². The second kappa shape index (κ2) is 33.4. The maximum atomic E-state index is 11.8. The molecular weight excluding hydrogens is 1040 g/mol. The number of nitro groups is 2. The fraction of sp³-hybridized carbons (Fsp3) is 0.0667. The van der Waals surface area contributed by atoms with E-state index in [4.69, 9.17) is 34.8 Å². The van der Waals surface area contributed by atoms with Gasteiger partial charge in [-0.15, -0.1) is 0 Å². The number of aromatic nitrogens is 10. The number of aliphatic hydroxyl groups is 1. The molecule has 0 aliphatic rings. The molecule has 9 aromatic rings. The maximum Gasteiger partial charge on any atom is 0.331 e. The lowest BCUT2D eigenvalue weighted by Crippen LogP contribution is -2.14. The van der Waals surface area contributed by atoms with Crippen LogP contribution in [0, 0.1) is 31.6 Å². The van der Waals surface area contributed by atoms with Crippen LogP contribution in [0.3, 0.4) is 0 Å². The number of nitrogens with zero attached hydrogens (tertiary/aromatic N) is 12. The minimum absolute atomic E-state index is 0.0562. The van der Waals surface area contributed by atoms with Crippen LogP contribution in [0.15, 0.2) is 177 Å². The Morgan fingerprint density at radius 2 is 1.07 bits per heavy atom. The Morgan fingerprint density at radius 3 is 1.53 bits per heavy atom. The van der Waals surface area contributed by atoms with E-state index in [0.29, 0.717) is 16.3 Å². The molecule has 0 spiro atoms. The highest BCUT2D eigenvalue weighted by atomic mass is 127. The zero-order chi connectivity index (χ0) is 52.2. The van der Waals surface area contributed by atoms with Crippen molar-refractivity contribution in [1.82, 2.24) is 49.4 Å². The summed E-state index contributed by atoms with van der Waals surface area (Å²) in [6.07, 6.45) is 25.1. The highest BCUT2D eigenvalue weighted by molar-refractivity contribution is 14.1. The first-order valence-electron chi connectivity index (χ1n) is 20.2. The van der Waals surface area contributed by atoms with Gasteiger partial charge in [-0.25, -0.2) is 4.79 Å². The SMILES string of the molecule is CC#N.CO.Nc1ccncc1.Nc1cnccc1Nc1ccncc1.O=[N+]([O-])c1cnccc1Cl.O=[N+]([O-])c1cnccc1Nc1ccncc1.O=c1[nH]c2cnccc2n1-c1ccncc1.[2H]CI. The highest BCUT2D eigenvalue weighted by Crippen LogP contribution is 2.26. The third kappa shape index (κ3) is 20.2. The summed E-state index contributed by atoms with van der Waals surface area (Å²) in [5.74, 6) is 0. The Bertz CT molecular complexity index is 3020. The van der Waals surface area contributed by atoms with E-state index in [9.17, 15) is 25.0 Å². The number of fused-ring (bicyclic) bond motifs is 1. The number of rotatable bonds is 7. The molecule has 9 aromatic heterocycles. The lowest BCUT2D eigenvalue weighted by Gasteiger charge is -2.07. The van der Waals surface area contributed by atoms with Gasteiger partial charge in [0.25, 0.3) is 0 Å². The van der Waals surface area contributed by atoms with Gasteiger partial charge in [0, 0.05) is 107 Å². The highest BCUT2D eigenvalue weighted by Gasteiger charge is 2.13. The van der Waals surface area contributed by atoms with Crippen molar-refractivity contribution in [2.45, 2.75) is 6.92 Å². The van der Waals surface area contributed by atoms with Crippen LogP contribution in [-0.2, 0) is 0 Å². The molecule has 9 heterocycles. The van der Waals surface area contributed by atoms with Gasteiger partial charge in [0.1, 0.15) is 23.1 Å². The van der Waals surface area contributed by atoms with E-state index < -0.39 is 9.85 Å². The molecule has 0 bridgehead atoms. The van der Waals surface area contributed by atoms with Crippen molar-refractivity contribution >= 4 is 90.7 Å². The molecule has 0 saturated carbocycles. The van der Waals surface area contributed by atoms with Crippen molar-refractivity contribution < 1.29 is 16.3 Å². The minimum atomic E-state index is -0.574. The number of aromatic amines is 1. The van der Waals surface area contributed by atoms with Crippen LogP contribution in [0.4, 0.5) is 45.5 Å². The summed E-state index contributed by atoms with van der Waals surface area (Å²) in [5, 5.41) is 41.4. The van der Waals surface area contributed by atoms with E-state index in [1.54, 1.807) is 134 Å². The number of hydrogen-bond donors (Lipinski definition) is 6. The van der Waals surface area contributed by atoms with Gasteiger partial charge in [-0.3, -0.25) is 64.7 Å². The van der Waals surface area contributed by atoms with E-state index in [2.05, 4.69) is 55.5 Å². The third-order valence-electron chi connectivity index (χ3n) is 7.82. The van der Waals surface area contributed by atoms with Crippen molar-refractivity contribution in [2.24, 2.45) is 0 Å². The molecule has 360 valence electrons. The van der Waals surface area contributed by atoms with E-state index in [0.717, 1.165) is 52.8 Å². The molecule has 0 unspecified atom stereocenters. The number of imidazole rings is 1. The third-order valence-corrected chi connectivity index (χ3v) is 8.14. The maximum absolute atomic E-state index is 11.8. The van der Waals surface area contributed by atoms with Gasteiger partial charge in [0.15, 0.2) is 0 Å². The molecular formula is C45H45ClIN17O6. The second-order valence-electron chi connectivity index (χ2n) is 12.3. The van der Waals surface area contributed by atoms with Crippen LogP contribution < -0.4 is 27.8 Å². The summed E-state index contributed by atoms with van der Waals surface area (Å²) in [7, 11) is 1.00. The first-order valence-corrected chi connectivity index (χ1v) is 21.4. The molecule has 0 atom stereocenters. The second-order valence-corrected chi connectivity index (χ2v) is 12.7. The molecule has 0 fully saturated rings. The van der Waals surface area contributed by atoms with E-state index in [1.165, 1.54) is 31.6 Å². The predicted molar refractivity (Wildman–Crippen MR) is 278 cm³/mol. The summed E-state index contributed by atoms with van der Waals surface area (Å²) < 4.78 is 7.79. The van der Waals surface area contributed by atoms with Gasteiger partial charge in [-0.2, -0.15) is 5.26 Å². The van der Waals surface area contributed by atoms with E-state index in [1.807, 2.05) is 40.8 Å². The smallest absolute Gasteiger partial charge is 0.331 e. The topological polar surface area (TPSA) is 347 Å². The van der Waals surface area contributed by atoms with Crippen molar-refractivity contribution in [3.8, 4) is 11.8 Å². The number of aliphatic hydroxyl groups excluding tert-OH is 1. The molecule has 0 aromatic carbocycles. The number of anilines is 6. The molecule has 23 nitrogen and oxygen atoms in total. The molecule has 0 aliphatic carbocycles. The first kappa shape index (κ1) is 55.3. The Morgan fingerprint density at radius 1 is 0.671 bits per heavy atom. The predicted octanol–water partition coefficient (Wildman–Crippen LogP) is 8.54. The molecule has 0 amide bonds. The number of halogens is 2. The monoisotopic (exact) mass is 1080 g/mol. The van der Waals surface area contributed by atoms with Crippen LogP contribution in [0.1, 0.15) is 8.29 Å². The Hall–Kier alpha value is -9.06. The van der Waals surface area contributed by atoms with Gasteiger partial charge >= 0.3 is 17.1 Å². The average molecular weight is 1080 g/mol. The van der Waals surface area contributed by atoms with Crippen molar-refractivity contribution in [1.29, 1.82) is 5.26 Å². The zero-order valence-corrected chi connectivity index (χ0v) is 40.1. The number of pyridine rings is 8. The van der Waals surface area contributed by atoms with Crippen LogP contribution in [0.5, 0.6) is 0 Å². The van der Waals surface area contributed by atoms with Gasteiger partial charge in [0.2, 0.25) is 0 Å². The van der Waals surface area contributed by atoms with Crippen LogP contribution in [0.2, 0.25) is 5.02 Å². The summed E-state index contributed by atoms with van der Waals surface area (Å²) in [5.41, 5.74) is 17.3. The summed E-state index contributed by atoms with van der Waals surface area (Å²) in [6.45, 7) is 1.43.